The number of amides is 1. The molecular formula is C11H12NO. The fourth-order valence-electron chi connectivity index (χ4n) is 1.95. The molecule has 0 aliphatic heterocycles. The summed E-state index contributed by atoms with van der Waals surface area (Å²) in [4.78, 5) is 10.2. The van der Waals surface area contributed by atoms with Crippen molar-refractivity contribution in [2.24, 2.45) is 0 Å². The monoisotopic (exact) mass is 174 g/mol. The first-order valence-electron chi connectivity index (χ1n) is 4.66. The fraction of sp³-hybridized carbons (Fsp3) is 0.364. The molecule has 0 heterocycles. The van der Waals surface area contributed by atoms with Gasteiger partial charge in [-0.15, -0.1) is 0 Å². The molecule has 2 heteroatoms. The van der Waals surface area contributed by atoms with Gasteiger partial charge in [-0.2, -0.15) is 0 Å². The molecule has 1 amide bonds. The SMILES string of the molecule is O=[C]Nc1cccc2c1CCCC2. The van der Waals surface area contributed by atoms with Crippen LogP contribution in [0.25, 0.3) is 0 Å². The minimum atomic E-state index is 0.937. The second-order valence-electron chi connectivity index (χ2n) is 3.38. The summed E-state index contributed by atoms with van der Waals surface area (Å²) < 4.78 is 0. The molecule has 2 nitrogen and oxygen atoms in total. The van der Waals surface area contributed by atoms with E-state index in [0.717, 1.165) is 18.5 Å². The molecule has 0 unspecified atom stereocenters. The van der Waals surface area contributed by atoms with Crippen molar-refractivity contribution in [3.63, 3.8) is 0 Å². The topological polar surface area (TPSA) is 29.1 Å². The van der Waals surface area contributed by atoms with Crippen molar-refractivity contribution in [1.82, 2.24) is 0 Å². The van der Waals surface area contributed by atoms with E-state index in [1.807, 2.05) is 12.1 Å². The molecule has 0 atom stereocenters. The van der Waals surface area contributed by atoms with Crippen LogP contribution >= 0.6 is 0 Å². The summed E-state index contributed by atoms with van der Waals surface area (Å²) in [5, 5.41) is 2.63. The maximum atomic E-state index is 10.2. The van der Waals surface area contributed by atoms with Gasteiger partial charge in [-0.05, 0) is 42.9 Å². The summed E-state index contributed by atoms with van der Waals surface area (Å²) in [6, 6.07) is 6.07. The Morgan fingerprint density at radius 2 is 2.08 bits per heavy atom. The maximum absolute atomic E-state index is 10.2. The Hall–Kier alpha value is -1.31. The lowest BCUT2D eigenvalue weighted by Crippen LogP contribution is -2.07. The number of rotatable bonds is 2. The van der Waals surface area contributed by atoms with Crippen LogP contribution in [0.2, 0.25) is 0 Å². The summed E-state index contributed by atoms with van der Waals surface area (Å²) in [6.07, 6.45) is 6.45. The van der Waals surface area contributed by atoms with Crippen molar-refractivity contribution in [2.75, 3.05) is 5.32 Å². The zero-order valence-corrected chi connectivity index (χ0v) is 7.47. The summed E-state index contributed by atoms with van der Waals surface area (Å²) in [5.74, 6) is 0. The van der Waals surface area contributed by atoms with E-state index in [2.05, 4.69) is 11.4 Å². The molecule has 1 aliphatic rings. The lowest BCUT2D eigenvalue weighted by atomic mass is 9.90. The number of anilines is 1. The summed E-state index contributed by atoms with van der Waals surface area (Å²) in [7, 11) is 0. The van der Waals surface area contributed by atoms with Crippen LogP contribution in [0.5, 0.6) is 0 Å². The van der Waals surface area contributed by atoms with Crippen LogP contribution < -0.4 is 5.32 Å². The highest BCUT2D eigenvalue weighted by Gasteiger charge is 2.11. The number of hydrogen-bond donors (Lipinski definition) is 1. The van der Waals surface area contributed by atoms with Gasteiger partial charge in [0.25, 0.3) is 0 Å². The summed E-state index contributed by atoms with van der Waals surface area (Å²) >= 11 is 0. The minimum absolute atomic E-state index is 0.937. The highest BCUT2D eigenvalue weighted by Crippen LogP contribution is 2.27. The van der Waals surface area contributed by atoms with Crippen molar-refractivity contribution in [1.29, 1.82) is 0 Å². The van der Waals surface area contributed by atoms with Crippen LogP contribution in [-0.4, -0.2) is 6.41 Å². The average molecular weight is 174 g/mol. The van der Waals surface area contributed by atoms with E-state index >= 15 is 0 Å². The van der Waals surface area contributed by atoms with Crippen LogP contribution in [-0.2, 0) is 17.6 Å². The molecule has 2 rings (SSSR count). The second-order valence-corrected chi connectivity index (χ2v) is 3.38. The van der Waals surface area contributed by atoms with Gasteiger partial charge in [-0.3, -0.25) is 4.79 Å². The molecule has 0 saturated heterocycles. The fourth-order valence-corrected chi connectivity index (χ4v) is 1.95. The molecule has 1 N–H and O–H groups in total. The number of hydrogen-bond acceptors (Lipinski definition) is 1. The van der Waals surface area contributed by atoms with Crippen LogP contribution in [0.3, 0.4) is 0 Å². The molecule has 0 bridgehead atoms. The molecule has 1 aromatic carbocycles. The number of benzene rings is 1. The van der Waals surface area contributed by atoms with E-state index in [9.17, 15) is 4.79 Å². The molecular weight excluding hydrogens is 162 g/mol. The number of aryl methyl sites for hydroxylation is 1. The summed E-state index contributed by atoms with van der Waals surface area (Å²) in [6.45, 7) is 0. The Bertz CT molecular complexity index is 320. The van der Waals surface area contributed by atoms with Crippen molar-refractivity contribution >= 4 is 12.1 Å². The van der Waals surface area contributed by atoms with E-state index < -0.39 is 0 Å². The number of nitrogens with one attached hydrogen (secondary N) is 1. The van der Waals surface area contributed by atoms with Gasteiger partial charge in [0.1, 0.15) is 0 Å². The second kappa shape index (κ2) is 3.60. The van der Waals surface area contributed by atoms with E-state index in [-0.39, 0.29) is 0 Å². The minimum Gasteiger partial charge on any atom is -0.318 e. The van der Waals surface area contributed by atoms with Crippen LogP contribution in [0.4, 0.5) is 5.69 Å². The zero-order valence-electron chi connectivity index (χ0n) is 7.47. The lowest BCUT2D eigenvalue weighted by molar-refractivity contribution is 0.561. The van der Waals surface area contributed by atoms with Gasteiger partial charge >= 0.3 is 6.41 Å². The molecule has 1 aromatic rings. The Kier molecular flexibility index (Phi) is 2.30. The van der Waals surface area contributed by atoms with Crippen LogP contribution in [0.1, 0.15) is 24.0 Å². The molecule has 0 aromatic heterocycles. The molecule has 0 saturated carbocycles. The van der Waals surface area contributed by atoms with Crippen molar-refractivity contribution in [2.45, 2.75) is 25.7 Å². The third-order valence-corrected chi connectivity index (χ3v) is 2.58. The Morgan fingerprint density at radius 3 is 2.92 bits per heavy atom. The van der Waals surface area contributed by atoms with Gasteiger partial charge in [0.2, 0.25) is 0 Å². The molecule has 13 heavy (non-hydrogen) atoms. The normalized spacial score (nSPS) is 14.8. The highest BCUT2D eigenvalue weighted by atomic mass is 16.1. The van der Waals surface area contributed by atoms with Crippen molar-refractivity contribution in [3.8, 4) is 0 Å². The molecule has 1 aliphatic carbocycles. The predicted octanol–water partition coefficient (Wildman–Crippen LogP) is 2.04. The molecule has 0 fully saturated rings. The van der Waals surface area contributed by atoms with Crippen LogP contribution in [0.15, 0.2) is 18.2 Å². The van der Waals surface area contributed by atoms with Gasteiger partial charge in [-0.1, -0.05) is 12.1 Å². The Morgan fingerprint density at radius 1 is 1.23 bits per heavy atom. The average Bonchev–Trinajstić information content (AvgIpc) is 2.19. The standard InChI is InChI=1S/C11H12NO/c13-8-12-11-7-3-5-9-4-1-2-6-10(9)11/h3,5,7H,1-2,4,6H2,(H,12,13). The van der Waals surface area contributed by atoms with Gasteiger partial charge in [0.05, 0.1) is 0 Å². The van der Waals surface area contributed by atoms with Gasteiger partial charge in [-0.25, -0.2) is 0 Å². The third-order valence-electron chi connectivity index (χ3n) is 2.58. The van der Waals surface area contributed by atoms with Gasteiger partial charge in [0.15, 0.2) is 0 Å². The highest BCUT2D eigenvalue weighted by molar-refractivity contribution is 5.74. The van der Waals surface area contributed by atoms with E-state index in [1.54, 1.807) is 6.41 Å². The van der Waals surface area contributed by atoms with E-state index in [0.29, 0.717) is 0 Å². The smallest absolute Gasteiger partial charge is 0.314 e. The maximum Gasteiger partial charge on any atom is 0.314 e. The Labute approximate surface area is 78.0 Å². The van der Waals surface area contributed by atoms with Crippen LogP contribution in [0, 0.1) is 0 Å². The quantitative estimate of drug-likeness (QED) is 0.683. The first-order valence-corrected chi connectivity index (χ1v) is 4.66. The predicted molar refractivity (Wildman–Crippen MR) is 52.4 cm³/mol. The Balaban J connectivity index is 2.39. The largest absolute Gasteiger partial charge is 0.318 e. The van der Waals surface area contributed by atoms with Crippen molar-refractivity contribution in [3.05, 3.63) is 29.3 Å². The molecule has 67 valence electrons. The van der Waals surface area contributed by atoms with E-state index in [4.69, 9.17) is 0 Å². The summed E-state index contributed by atoms with van der Waals surface area (Å²) in [5.41, 5.74) is 3.62. The van der Waals surface area contributed by atoms with Gasteiger partial charge in [0, 0.05) is 5.69 Å². The first kappa shape index (κ1) is 8.30. The molecule has 1 radical (unpaired) electrons. The van der Waals surface area contributed by atoms with Crippen molar-refractivity contribution < 1.29 is 4.79 Å². The number of carbonyl (C=O) groups excluding carboxylic acids is 1. The third kappa shape index (κ3) is 1.57. The molecule has 0 spiro atoms. The lowest BCUT2D eigenvalue weighted by Gasteiger charge is -2.18. The van der Waals surface area contributed by atoms with E-state index in [1.165, 1.54) is 24.0 Å². The number of fused-ring (bicyclic) bond motifs is 1. The zero-order chi connectivity index (χ0) is 9.10. The van der Waals surface area contributed by atoms with Gasteiger partial charge < -0.3 is 5.32 Å². The first-order chi connectivity index (χ1) is 6.42.